The Morgan fingerprint density at radius 2 is 1.83 bits per heavy atom. The lowest BCUT2D eigenvalue weighted by Gasteiger charge is -2.30. The van der Waals surface area contributed by atoms with Gasteiger partial charge < -0.3 is 9.84 Å². The minimum atomic E-state index is -0.243. The average Bonchev–Trinajstić information content (AvgIpc) is 1.97. The Bertz CT molecular complexity index is 115. The summed E-state index contributed by atoms with van der Waals surface area (Å²) < 4.78 is 4.96. The molecule has 2 heteroatoms. The second kappa shape index (κ2) is 4.83. The minimum Gasteiger partial charge on any atom is -0.392 e. The third kappa shape index (κ3) is 4.07. The van der Waals surface area contributed by atoms with Gasteiger partial charge in [-0.15, -0.1) is 0 Å². The Morgan fingerprint density at radius 1 is 1.33 bits per heavy atom. The summed E-state index contributed by atoms with van der Waals surface area (Å²) in [5.74, 6) is 0.310. The van der Waals surface area contributed by atoms with Crippen molar-refractivity contribution in [3.63, 3.8) is 0 Å². The normalized spacial score (nSPS) is 17.5. The lowest BCUT2D eigenvalue weighted by molar-refractivity contribution is 0.00688. The average molecular weight is 174 g/mol. The number of aliphatic hydroxyl groups is 1. The van der Waals surface area contributed by atoms with Gasteiger partial charge in [-0.25, -0.2) is 0 Å². The van der Waals surface area contributed by atoms with Crippen LogP contribution in [0.3, 0.4) is 0 Å². The largest absolute Gasteiger partial charge is 0.392 e. The van der Waals surface area contributed by atoms with Gasteiger partial charge in [-0.05, 0) is 17.8 Å². The van der Waals surface area contributed by atoms with Crippen molar-refractivity contribution in [2.45, 2.75) is 40.2 Å². The van der Waals surface area contributed by atoms with E-state index < -0.39 is 0 Å². The molecule has 0 aromatic heterocycles. The van der Waals surface area contributed by atoms with E-state index in [1.807, 2.05) is 0 Å². The van der Waals surface area contributed by atoms with E-state index in [1.54, 1.807) is 7.11 Å². The van der Waals surface area contributed by atoms with E-state index in [1.165, 1.54) is 0 Å². The lowest BCUT2D eigenvalue weighted by Crippen LogP contribution is -2.32. The standard InChI is InChI=1S/C10H22O2/c1-8(6-7-12-5)9(11)10(2,3)4/h8-9,11H,6-7H2,1-5H3. The first kappa shape index (κ1) is 11.9. The van der Waals surface area contributed by atoms with E-state index in [2.05, 4.69) is 27.7 Å². The van der Waals surface area contributed by atoms with Crippen LogP contribution in [0.1, 0.15) is 34.1 Å². The van der Waals surface area contributed by atoms with Crippen LogP contribution in [-0.4, -0.2) is 24.9 Å². The van der Waals surface area contributed by atoms with Gasteiger partial charge in [-0.3, -0.25) is 0 Å². The number of ether oxygens (including phenoxy) is 1. The predicted octanol–water partition coefficient (Wildman–Crippen LogP) is 2.07. The van der Waals surface area contributed by atoms with Gasteiger partial charge in [-0.1, -0.05) is 27.7 Å². The van der Waals surface area contributed by atoms with Crippen molar-refractivity contribution in [3.8, 4) is 0 Å². The molecule has 0 radical (unpaired) electrons. The van der Waals surface area contributed by atoms with Crippen LogP contribution in [0.2, 0.25) is 0 Å². The highest BCUT2D eigenvalue weighted by Crippen LogP contribution is 2.26. The molecule has 0 aliphatic rings. The van der Waals surface area contributed by atoms with Crippen molar-refractivity contribution in [2.75, 3.05) is 13.7 Å². The van der Waals surface area contributed by atoms with Gasteiger partial charge in [0.1, 0.15) is 0 Å². The minimum absolute atomic E-state index is 0.0207. The first-order chi connectivity index (χ1) is 5.39. The molecular formula is C10H22O2. The molecule has 0 bridgehead atoms. The molecule has 0 aliphatic heterocycles. The summed E-state index contributed by atoms with van der Waals surface area (Å²) in [6.45, 7) is 8.96. The van der Waals surface area contributed by atoms with Crippen LogP contribution in [-0.2, 0) is 4.74 Å². The molecule has 0 rings (SSSR count). The molecule has 2 atom stereocenters. The van der Waals surface area contributed by atoms with E-state index in [4.69, 9.17) is 4.74 Å². The summed E-state index contributed by atoms with van der Waals surface area (Å²) in [6.07, 6.45) is 0.683. The molecule has 0 spiro atoms. The highest BCUT2D eigenvalue weighted by atomic mass is 16.5. The van der Waals surface area contributed by atoms with Gasteiger partial charge in [0, 0.05) is 13.7 Å². The van der Waals surface area contributed by atoms with Crippen LogP contribution in [0, 0.1) is 11.3 Å². The number of hydrogen-bond acceptors (Lipinski definition) is 2. The van der Waals surface area contributed by atoms with Crippen LogP contribution in [0.5, 0.6) is 0 Å². The van der Waals surface area contributed by atoms with Crippen LogP contribution < -0.4 is 0 Å². The molecule has 0 aliphatic carbocycles. The molecular weight excluding hydrogens is 152 g/mol. The molecule has 2 unspecified atom stereocenters. The molecule has 0 amide bonds. The van der Waals surface area contributed by atoms with Crippen LogP contribution in [0.4, 0.5) is 0 Å². The SMILES string of the molecule is COCCC(C)C(O)C(C)(C)C. The molecule has 74 valence electrons. The number of hydrogen-bond donors (Lipinski definition) is 1. The van der Waals surface area contributed by atoms with Crippen LogP contribution >= 0.6 is 0 Å². The Labute approximate surface area is 75.9 Å². The van der Waals surface area contributed by atoms with Crippen molar-refractivity contribution in [1.29, 1.82) is 0 Å². The van der Waals surface area contributed by atoms with Gasteiger partial charge in [0.2, 0.25) is 0 Å². The third-order valence-corrected chi connectivity index (χ3v) is 2.20. The van der Waals surface area contributed by atoms with E-state index >= 15 is 0 Å². The first-order valence-corrected chi connectivity index (χ1v) is 4.56. The Kier molecular flexibility index (Phi) is 4.80. The summed E-state index contributed by atoms with van der Waals surface area (Å²) in [5, 5.41) is 9.83. The van der Waals surface area contributed by atoms with Crippen LogP contribution in [0.15, 0.2) is 0 Å². The second-order valence-electron chi connectivity index (χ2n) is 4.57. The predicted molar refractivity (Wildman–Crippen MR) is 51.1 cm³/mol. The summed E-state index contributed by atoms with van der Waals surface area (Å²) in [7, 11) is 1.69. The fourth-order valence-corrected chi connectivity index (χ4v) is 1.32. The zero-order valence-electron chi connectivity index (χ0n) is 8.92. The van der Waals surface area contributed by atoms with Gasteiger partial charge >= 0.3 is 0 Å². The first-order valence-electron chi connectivity index (χ1n) is 4.56. The van der Waals surface area contributed by atoms with Crippen molar-refractivity contribution in [2.24, 2.45) is 11.3 Å². The van der Waals surface area contributed by atoms with Gasteiger partial charge in [-0.2, -0.15) is 0 Å². The summed E-state index contributed by atoms with van der Waals surface area (Å²) in [4.78, 5) is 0. The van der Waals surface area contributed by atoms with Gasteiger partial charge in [0.05, 0.1) is 6.10 Å². The molecule has 0 saturated carbocycles. The summed E-state index contributed by atoms with van der Waals surface area (Å²) in [5.41, 5.74) is -0.0207. The quantitative estimate of drug-likeness (QED) is 0.707. The van der Waals surface area contributed by atoms with Crippen molar-refractivity contribution in [1.82, 2.24) is 0 Å². The Morgan fingerprint density at radius 3 is 2.17 bits per heavy atom. The highest BCUT2D eigenvalue weighted by molar-refractivity contribution is 4.77. The van der Waals surface area contributed by atoms with Gasteiger partial charge in [0.25, 0.3) is 0 Å². The smallest absolute Gasteiger partial charge is 0.0614 e. The van der Waals surface area contributed by atoms with Gasteiger partial charge in [0.15, 0.2) is 0 Å². The maximum atomic E-state index is 9.83. The fourth-order valence-electron chi connectivity index (χ4n) is 1.32. The Balaban J connectivity index is 3.84. The molecule has 12 heavy (non-hydrogen) atoms. The summed E-state index contributed by atoms with van der Waals surface area (Å²) >= 11 is 0. The topological polar surface area (TPSA) is 29.5 Å². The highest BCUT2D eigenvalue weighted by Gasteiger charge is 2.26. The lowest BCUT2D eigenvalue weighted by atomic mass is 9.81. The number of rotatable bonds is 4. The maximum Gasteiger partial charge on any atom is 0.0614 e. The monoisotopic (exact) mass is 174 g/mol. The van der Waals surface area contributed by atoms with E-state index in [9.17, 15) is 5.11 Å². The molecule has 0 aromatic carbocycles. The molecule has 0 fully saturated rings. The van der Waals surface area contributed by atoms with E-state index in [-0.39, 0.29) is 11.5 Å². The molecule has 0 heterocycles. The molecule has 2 nitrogen and oxygen atoms in total. The second-order valence-corrected chi connectivity index (χ2v) is 4.57. The molecule has 0 aromatic rings. The van der Waals surface area contributed by atoms with Crippen molar-refractivity contribution >= 4 is 0 Å². The number of methoxy groups -OCH3 is 1. The third-order valence-electron chi connectivity index (χ3n) is 2.20. The maximum absolute atomic E-state index is 9.83. The number of aliphatic hydroxyl groups excluding tert-OH is 1. The Hall–Kier alpha value is -0.0800. The zero-order chi connectivity index (χ0) is 9.78. The van der Waals surface area contributed by atoms with E-state index in [0.717, 1.165) is 13.0 Å². The molecule has 0 saturated heterocycles. The van der Waals surface area contributed by atoms with E-state index in [0.29, 0.717) is 5.92 Å². The van der Waals surface area contributed by atoms with Crippen molar-refractivity contribution < 1.29 is 9.84 Å². The van der Waals surface area contributed by atoms with Crippen LogP contribution in [0.25, 0.3) is 0 Å². The molecule has 1 N–H and O–H groups in total. The summed E-state index contributed by atoms with van der Waals surface area (Å²) in [6, 6.07) is 0. The zero-order valence-corrected chi connectivity index (χ0v) is 8.92. The fraction of sp³-hybridized carbons (Fsp3) is 1.00. The van der Waals surface area contributed by atoms with Crippen molar-refractivity contribution in [3.05, 3.63) is 0 Å².